The van der Waals surface area contributed by atoms with Gasteiger partial charge in [-0.2, -0.15) is 0 Å². The lowest BCUT2D eigenvalue weighted by atomic mass is 9.79. The first-order valence-electron chi connectivity index (χ1n) is 8.81. The van der Waals surface area contributed by atoms with Gasteiger partial charge in [0.1, 0.15) is 5.82 Å². The third-order valence-corrected chi connectivity index (χ3v) is 5.18. The van der Waals surface area contributed by atoms with Crippen LogP contribution in [0.5, 0.6) is 0 Å². The summed E-state index contributed by atoms with van der Waals surface area (Å²) in [4.78, 5) is 24.2. The monoisotopic (exact) mass is 389 g/mol. The van der Waals surface area contributed by atoms with Gasteiger partial charge in [0.2, 0.25) is 0 Å². The van der Waals surface area contributed by atoms with E-state index in [2.05, 4.69) is 22.8 Å². The minimum absolute atomic E-state index is 0.0569. The summed E-state index contributed by atoms with van der Waals surface area (Å²) in [5.41, 5.74) is 7.63. The molecule has 0 aliphatic heterocycles. The predicted molar refractivity (Wildman–Crippen MR) is 103 cm³/mol. The van der Waals surface area contributed by atoms with Crippen molar-refractivity contribution in [3.8, 4) is 0 Å². The van der Waals surface area contributed by atoms with Crippen molar-refractivity contribution in [2.75, 3.05) is 5.32 Å². The van der Waals surface area contributed by atoms with Gasteiger partial charge in [0.25, 0.3) is 0 Å². The third kappa shape index (κ3) is 4.84. The number of nitrogens with two attached hydrogens (primary N) is 1. The third-order valence-electron chi connectivity index (χ3n) is 4.87. The summed E-state index contributed by atoms with van der Waals surface area (Å²) in [6, 6.07) is 13.4. The molecule has 1 fully saturated rings. The second-order valence-corrected chi connectivity index (χ2v) is 7.15. The number of nitrogens with one attached hydrogen (secondary N) is 2. The van der Waals surface area contributed by atoms with E-state index in [0.717, 1.165) is 18.9 Å². The second-order valence-electron chi connectivity index (χ2n) is 6.75. The molecule has 2 aromatic carbocycles. The molecule has 0 saturated heterocycles. The molecule has 0 bridgehead atoms. The van der Waals surface area contributed by atoms with Crippen LogP contribution in [0.2, 0.25) is 5.02 Å². The van der Waals surface area contributed by atoms with Crippen LogP contribution in [0.3, 0.4) is 0 Å². The molecule has 0 aromatic heterocycles. The maximum atomic E-state index is 13.4. The van der Waals surface area contributed by atoms with Gasteiger partial charge in [-0.25, -0.2) is 4.39 Å². The van der Waals surface area contributed by atoms with E-state index in [0.29, 0.717) is 12.3 Å². The van der Waals surface area contributed by atoms with Gasteiger partial charge in [-0.05, 0) is 48.9 Å². The lowest BCUT2D eigenvalue weighted by Crippen LogP contribution is -2.52. The number of carbonyl (C=O) groups is 2. The van der Waals surface area contributed by atoms with Gasteiger partial charge in [-0.1, -0.05) is 41.9 Å². The molecule has 142 valence electrons. The molecule has 7 heteroatoms. The van der Waals surface area contributed by atoms with Gasteiger partial charge in [0, 0.05) is 17.8 Å². The minimum Gasteiger partial charge on any atom is -0.344 e. The van der Waals surface area contributed by atoms with Crippen LogP contribution in [0.15, 0.2) is 48.5 Å². The van der Waals surface area contributed by atoms with Crippen molar-refractivity contribution in [1.29, 1.82) is 0 Å². The first-order valence-corrected chi connectivity index (χ1v) is 9.19. The van der Waals surface area contributed by atoms with Gasteiger partial charge in [-0.3, -0.25) is 9.59 Å². The molecule has 5 nitrogen and oxygen atoms in total. The molecular weight excluding hydrogens is 369 g/mol. The standard InChI is InChI=1S/C20H21ClFN3O2/c21-15-8-7-14(11-16(15)22)24-19(26)20(27)25-18-9-6-13(10-17(18)23)12-4-2-1-3-5-12/h1-5,7-8,11,13,17-18H,6,9-10,23H2,(H,24,26)(H,25,27). The normalized spacial score (nSPS) is 22.1. The second kappa shape index (κ2) is 8.50. The SMILES string of the molecule is NC1CC(c2ccccc2)CCC1NC(=O)C(=O)Nc1ccc(Cl)c(F)c1. The van der Waals surface area contributed by atoms with Crippen molar-refractivity contribution in [3.63, 3.8) is 0 Å². The minimum atomic E-state index is -0.867. The summed E-state index contributed by atoms with van der Waals surface area (Å²) in [5, 5.41) is 4.99. The van der Waals surface area contributed by atoms with Gasteiger partial charge < -0.3 is 16.4 Å². The van der Waals surface area contributed by atoms with Crippen molar-refractivity contribution in [2.45, 2.75) is 37.3 Å². The molecule has 3 atom stereocenters. The zero-order valence-electron chi connectivity index (χ0n) is 14.6. The Morgan fingerprint density at radius 2 is 1.81 bits per heavy atom. The maximum Gasteiger partial charge on any atom is 0.313 e. The van der Waals surface area contributed by atoms with Crippen LogP contribution in [-0.4, -0.2) is 23.9 Å². The van der Waals surface area contributed by atoms with Gasteiger partial charge >= 0.3 is 11.8 Å². The van der Waals surface area contributed by atoms with Crippen LogP contribution in [0.25, 0.3) is 0 Å². The lowest BCUT2D eigenvalue weighted by Gasteiger charge is -2.34. The highest BCUT2D eigenvalue weighted by molar-refractivity contribution is 6.39. The van der Waals surface area contributed by atoms with E-state index in [-0.39, 0.29) is 22.8 Å². The Morgan fingerprint density at radius 1 is 1.07 bits per heavy atom. The van der Waals surface area contributed by atoms with Gasteiger partial charge in [0.05, 0.1) is 5.02 Å². The van der Waals surface area contributed by atoms with Crippen molar-refractivity contribution >= 4 is 29.1 Å². The molecule has 0 radical (unpaired) electrons. The van der Waals surface area contributed by atoms with Crippen LogP contribution < -0.4 is 16.4 Å². The number of halogens is 2. The highest BCUT2D eigenvalue weighted by Gasteiger charge is 2.31. The summed E-state index contributed by atoms with van der Waals surface area (Å²) in [5.74, 6) is -1.98. The highest BCUT2D eigenvalue weighted by Crippen LogP contribution is 2.32. The van der Waals surface area contributed by atoms with E-state index in [1.54, 1.807) is 0 Å². The Morgan fingerprint density at radius 3 is 2.48 bits per heavy atom. The zero-order valence-corrected chi connectivity index (χ0v) is 15.4. The topological polar surface area (TPSA) is 84.2 Å². The number of anilines is 1. The average Bonchev–Trinajstić information content (AvgIpc) is 2.67. The number of hydrogen-bond donors (Lipinski definition) is 3. The fourth-order valence-electron chi connectivity index (χ4n) is 3.41. The van der Waals surface area contributed by atoms with E-state index in [4.69, 9.17) is 17.3 Å². The highest BCUT2D eigenvalue weighted by atomic mass is 35.5. The van der Waals surface area contributed by atoms with Crippen LogP contribution >= 0.6 is 11.6 Å². The van der Waals surface area contributed by atoms with Crippen LogP contribution in [0.4, 0.5) is 10.1 Å². The first kappa shape index (κ1) is 19.3. The molecule has 1 saturated carbocycles. The Balaban J connectivity index is 1.54. The fourth-order valence-corrected chi connectivity index (χ4v) is 3.53. The van der Waals surface area contributed by atoms with Crippen molar-refractivity contribution in [1.82, 2.24) is 5.32 Å². The number of benzene rings is 2. The molecule has 2 aromatic rings. The molecule has 3 unspecified atom stereocenters. The number of hydrogen-bond acceptors (Lipinski definition) is 3. The Kier molecular flexibility index (Phi) is 6.08. The zero-order chi connectivity index (χ0) is 19.4. The Bertz CT molecular complexity index is 831. The molecular formula is C20H21ClFN3O2. The van der Waals surface area contributed by atoms with Gasteiger partial charge in [-0.15, -0.1) is 0 Å². The molecule has 1 aliphatic carbocycles. The Hall–Kier alpha value is -2.44. The first-order chi connectivity index (χ1) is 12.9. The predicted octanol–water partition coefficient (Wildman–Crippen LogP) is 3.20. The molecule has 1 aliphatic rings. The van der Waals surface area contributed by atoms with Gasteiger partial charge in [0.15, 0.2) is 0 Å². The van der Waals surface area contributed by atoms with E-state index >= 15 is 0 Å². The largest absolute Gasteiger partial charge is 0.344 e. The number of rotatable bonds is 3. The summed E-state index contributed by atoms with van der Waals surface area (Å²) in [6.07, 6.45) is 2.31. The molecule has 3 rings (SSSR count). The molecule has 0 heterocycles. The van der Waals surface area contributed by atoms with Crippen LogP contribution in [0.1, 0.15) is 30.7 Å². The number of carbonyl (C=O) groups excluding carboxylic acids is 2. The molecule has 4 N–H and O–H groups in total. The number of amides is 2. The van der Waals surface area contributed by atoms with Crippen molar-refractivity contribution in [3.05, 3.63) is 64.9 Å². The average molecular weight is 390 g/mol. The molecule has 0 spiro atoms. The van der Waals surface area contributed by atoms with E-state index in [1.807, 2.05) is 18.2 Å². The maximum absolute atomic E-state index is 13.4. The van der Waals surface area contributed by atoms with E-state index in [9.17, 15) is 14.0 Å². The molecule has 27 heavy (non-hydrogen) atoms. The Labute approximate surface area is 162 Å². The lowest BCUT2D eigenvalue weighted by molar-refractivity contribution is -0.136. The summed E-state index contributed by atoms with van der Waals surface area (Å²) in [7, 11) is 0. The fraction of sp³-hybridized carbons (Fsp3) is 0.300. The van der Waals surface area contributed by atoms with Crippen molar-refractivity contribution in [2.24, 2.45) is 5.73 Å². The summed E-state index contributed by atoms with van der Waals surface area (Å²) < 4.78 is 13.4. The van der Waals surface area contributed by atoms with E-state index in [1.165, 1.54) is 17.7 Å². The van der Waals surface area contributed by atoms with Crippen LogP contribution in [0, 0.1) is 5.82 Å². The summed E-state index contributed by atoms with van der Waals surface area (Å²) >= 11 is 5.60. The van der Waals surface area contributed by atoms with Crippen LogP contribution in [-0.2, 0) is 9.59 Å². The van der Waals surface area contributed by atoms with Crippen molar-refractivity contribution < 1.29 is 14.0 Å². The quantitative estimate of drug-likeness (QED) is 0.705. The molecule has 2 amide bonds. The smallest absolute Gasteiger partial charge is 0.313 e. The summed E-state index contributed by atoms with van der Waals surface area (Å²) in [6.45, 7) is 0. The van der Waals surface area contributed by atoms with E-state index < -0.39 is 17.6 Å².